The van der Waals surface area contributed by atoms with Gasteiger partial charge in [0.05, 0.1) is 17.6 Å². The standard InChI is InChI=1S/C21H31N5O2/c1-2-7-24-9-11-25(12-10-24)8-3-6-22-21(27)17-4-5-19-18(15-17)23-20-16-28-14-13-26(19)20/h4-5,15H,2-3,6-14,16H2,1H3,(H,22,27). The van der Waals surface area contributed by atoms with E-state index < -0.39 is 0 Å². The molecule has 0 bridgehead atoms. The van der Waals surface area contributed by atoms with Crippen molar-refractivity contribution >= 4 is 16.9 Å². The molecule has 7 heteroatoms. The minimum atomic E-state index is -0.0168. The molecule has 28 heavy (non-hydrogen) atoms. The Balaban J connectivity index is 1.24. The Morgan fingerprint density at radius 1 is 1.14 bits per heavy atom. The van der Waals surface area contributed by atoms with Gasteiger partial charge in [0.2, 0.25) is 0 Å². The zero-order chi connectivity index (χ0) is 19.3. The molecule has 2 aliphatic rings. The average Bonchev–Trinajstić information content (AvgIpc) is 3.10. The number of amides is 1. The number of hydrogen-bond donors (Lipinski definition) is 1. The van der Waals surface area contributed by atoms with Crippen LogP contribution in [0.1, 0.15) is 35.9 Å². The lowest BCUT2D eigenvalue weighted by Gasteiger charge is -2.34. The minimum Gasteiger partial charge on any atom is -0.372 e. The predicted octanol–water partition coefficient (Wildman–Crippen LogP) is 1.71. The van der Waals surface area contributed by atoms with Crippen LogP contribution in [0.15, 0.2) is 18.2 Å². The van der Waals surface area contributed by atoms with Gasteiger partial charge < -0.3 is 24.4 Å². The molecule has 1 aromatic carbocycles. The van der Waals surface area contributed by atoms with Crippen LogP contribution in [-0.4, -0.2) is 77.7 Å². The van der Waals surface area contributed by atoms with E-state index in [1.165, 1.54) is 26.1 Å². The van der Waals surface area contributed by atoms with E-state index in [-0.39, 0.29) is 5.91 Å². The number of hydrogen-bond acceptors (Lipinski definition) is 5. The molecule has 1 N–H and O–H groups in total. The molecule has 1 fully saturated rings. The number of fused-ring (bicyclic) bond motifs is 3. The van der Waals surface area contributed by atoms with E-state index in [1.54, 1.807) is 0 Å². The van der Waals surface area contributed by atoms with Gasteiger partial charge in [-0.15, -0.1) is 0 Å². The topological polar surface area (TPSA) is 62.6 Å². The second-order valence-corrected chi connectivity index (χ2v) is 7.73. The van der Waals surface area contributed by atoms with Gasteiger partial charge in [-0.05, 0) is 44.1 Å². The molecule has 152 valence electrons. The van der Waals surface area contributed by atoms with Crippen LogP contribution in [0, 0.1) is 0 Å². The van der Waals surface area contributed by atoms with Gasteiger partial charge in [-0.1, -0.05) is 6.92 Å². The molecule has 3 heterocycles. The molecule has 2 aromatic rings. The smallest absolute Gasteiger partial charge is 0.251 e. The van der Waals surface area contributed by atoms with Gasteiger partial charge in [0, 0.05) is 44.8 Å². The van der Waals surface area contributed by atoms with Crippen LogP contribution in [0.5, 0.6) is 0 Å². The van der Waals surface area contributed by atoms with Crippen LogP contribution >= 0.6 is 0 Å². The molecule has 1 saturated heterocycles. The molecular formula is C21H31N5O2. The van der Waals surface area contributed by atoms with E-state index in [9.17, 15) is 4.79 Å². The van der Waals surface area contributed by atoms with Crippen LogP contribution in [0.3, 0.4) is 0 Å². The highest BCUT2D eigenvalue weighted by Gasteiger charge is 2.17. The third kappa shape index (κ3) is 4.37. The van der Waals surface area contributed by atoms with Gasteiger partial charge in [0.15, 0.2) is 0 Å². The minimum absolute atomic E-state index is 0.0168. The fourth-order valence-electron chi connectivity index (χ4n) is 4.16. The van der Waals surface area contributed by atoms with Gasteiger partial charge in [-0.3, -0.25) is 4.79 Å². The molecule has 0 spiro atoms. The third-order valence-electron chi connectivity index (χ3n) is 5.72. The highest BCUT2D eigenvalue weighted by molar-refractivity contribution is 5.97. The maximum Gasteiger partial charge on any atom is 0.251 e. The summed E-state index contributed by atoms with van der Waals surface area (Å²) in [5.74, 6) is 0.926. The normalized spacial score (nSPS) is 18.3. The first kappa shape index (κ1) is 19.4. The van der Waals surface area contributed by atoms with Gasteiger partial charge >= 0.3 is 0 Å². The first-order valence-electron chi connectivity index (χ1n) is 10.5. The molecule has 7 nitrogen and oxygen atoms in total. The number of aromatic nitrogens is 2. The fraction of sp³-hybridized carbons (Fsp3) is 0.619. The van der Waals surface area contributed by atoms with E-state index in [0.717, 1.165) is 49.5 Å². The number of nitrogens with zero attached hydrogens (tertiary/aromatic N) is 4. The maximum absolute atomic E-state index is 12.5. The summed E-state index contributed by atoms with van der Waals surface area (Å²) in [7, 11) is 0. The summed E-state index contributed by atoms with van der Waals surface area (Å²) in [6.07, 6.45) is 2.21. The summed E-state index contributed by atoms with van der Waals surface area (Å²) < 4.78 is 7.65. The van der Waals surface area contributed by atoms with Crippen molar-refractivity contribution in [1.82, 2.24) is 24.7 Å². The monoisotopic (exact) mass is 385 g/mol. The van der Waals surface area contributed by atoms with Crippen molar-refractivity contribution in [2.45, 2.75) is 32.9 Å². The van der Waals surface area contributed by atoms with Crippen LogP contribution in [0.4, 0.5) is 0 Å². The lowest BCUT2D eigenvalue weighted by atomic mass is 10.2. The summed E-state index contributed by atoms with van der Waals surface area (Å²) in [6.45, 7) is 11.9. The van der Waals surface area contributed by atoms with Crippen LogP contribution in [-0.2, 0) is 17.9 Å². The molecule has 0 saturated carbocycles. The number of rotatable bonds is 7. The van der Waals surface area contributed by atoms with Crippen molar-refractivity contribution < 1.29 is 9.53 Å². The summed E-state index contributed by atoms with van der Waals surface area (Å²) in [5.41, 5.74) is 2.63. The molecule has 1 aromatic heterocycles. The number of ether oxygens (including phenoxy) is 1. The Morgan fingerprint density at radius 2 is 1.93 bits per heavy atom. The maximum atomic E-state index is 12.5. The van der Waals surface area contributed by atoms with E-state index >= 15 is 0 Å². The Hall–Kier alpha value is -1.96. The summed E-state index contributed by atoms with van der Waals surface area (Å²) >= 11 is 0. The predicted molar refractivity (Wildman–Crippen MR) is 110 cm³/mol. The largest absolute Gasteiger partial charge is 0.372 e. The molecule has 0 radical (unpaired) electrons. The van der Waals surface area contributed by atoms with Crippen LogP contribution in [0.2, 0.25) is 0 Å². The highest BCUT2D eigenvalue weighted by Crippen LogP contribution is 2.20. The average molecular weight is 386 g/mol. The zero-order valence-corrected chi connectivity index (χ0v) is 16.8. The zero-order valence-electron chi connectivity index (χ0n) is 16.8. The number of imidazole rings is 1. The molecular weight excluding hydrogens is 354 g/mol. The quantitative estimate of drug-likeness (QED) is 0.736. The van der Waals surface area contributed by atoms with Crippen LogP contribution < -0.4 is 5.32 Å². The molecule has 1 amide bonds. The third-order valence-corrected chi connectivity index (χ3v) is 5.72. The van der Waals surface area contributed by atoms with Crippen molar-refractivity contribution in [2.75, 3.05) is 52.4 Å². The van der Waals surface area contributed by atoms with Gasteiger partial charge in [0.1, 0.15) is 12.4 Å². The van der Waals surface area contributed by atoms with Gasteiger partial charge in [-0.2, -0.15) is 0 Å². The number of benzene rings is 1. The Kier molecular flexibility index (Phi) is 6.24. The van der Waals surface area contributed by atoms with E-state index in [4.69, 9.17) is 4.74 Å². The summed E-state index contributed by atoms with van der Waals surface area (Å²) in [5, 5.41) is 3.06. The van der Waals surface area contributed by atoms with Crippen molar-refractivity contribution in [2.24, 2.45) is 0 Å². The molecule has 0 aliphatic carbocycles. The van der Waals surface area contributed by atoms with Crippen molar-refractivity contribution in [1.29, 1.82) is 0 Å². The first-order valence-corrected chi connectivity index (χ1v) is 10.5. The number of nitrogens with one attached hydrogen (secondary N) is 1. The van der Waals surface area contributed by atoms with Gasteiger partial charge in [-0.25, -0.2) is 4.98 Å². The molecule has 2 aliphatic heterocycles. The Bertz CT molecular complexity index is 810. The number of carbonyl (C=O) groups excluding carboxylic acids is 1. The van der Waals surface area contributed by atoms with E-state index in [0.29, 0.717) is 25.3 Å². The van der Waals surface area contributed by atoms with Gasteiger partial charge in [0.25, 0.3) is 5.91 Å². The van der Waals surface area contributed by atoms with Crippen molar-refractivity contribution in [3.8, 4) is 0 Å². The molecule has 4 rings (SSSR count). The fourth-order valence-corrected chi connectivity index (χ4v) is 4.16. The lowest BCUT2D eigenvalue weighted by Crippen LogP contribution is -2.47. The highest BCUT2D eigenvalue weighted by atomic mass is 16.5. The number of carbonyl (C=O) groups is 1. The number of piperazine rings is 1. The lowest BCUT2D eigenvalue weighted by molar-refractivity contribution is 0.0830. The first-order chi connectivity index (χ1) is 13.7. The van der Waals surface area contributed by atoms with Crippen molar-refractivity contribution in [3.05, 3.63) is 29.6 Å². The Morgan fingerprint density at radius 3 is 2.71 bits per heavy atom. The van der Waals surface area contributed by atoms with E-state index in [1.807, 2.05) is 18.2 Å². The summed E-state index contributed by atoms with van der Waals surface area (Å²) in [6, 6.07) is 5.79. The van der Waals surface area contributed by atoms with Crippen molar-refractivity contribution in [3.63, 3.8) is 0 Å². The van der Waals surface area contributed by atoms with Crippen LogP contribution in [0.25, 0.3) is 11.0 Å². The SMILES string of the molecule is CCCN1CCN(CCCNC(=O)c2ccc3c(c2)nc2n3CCOC2)CC1. The molecule has 0 atom stereocenters. The Labute approximate surface area is 166 Å². The van der Waals surface area contributed by atoms with E-state index in [2.05, 4.69) is 31.6 Å². The second kappa shape index (κ2) is 9.03. The molecule has 0 unspecified atom stereocenters. The second-order valence-electron chi connectivity index (χ2n) is 7.73. The summed E-state index contributed by atoms with van der Waals surface area (Å²) in [4.78, 5) is 22.2.